The van der Waals surface area contributed by atoms with Crippen molar-refractivity contribution in [2.45, 2.75) is 0 Å². The van der Waals surface area contributed by atoms with Crippen molar-refractivity contribution < 1.29 is 22.6 Å². The Morgan fingerprint density at radius 2 is 1.81 bits per heavy atom. The van der Waals surface area contributed by atoms with Gasteiger partial charge in [0.25, 0.3) is 0 Å². The molecule has 0 saturated heterocycles. The van der Waals surface area contributed by atoms with Crippen LogP contribution in [0.3, 0.4) is 0 Å². The molecular formula is C10H14O5S. The summed E-state index contributed by atoms with van der Waals surface area (Å²) in [5.41, 5.74) is 0. The van der Waals surface area contributed by atoms with E-state index in [1.165, 1.54) is 14.2 Å². The maximum atomic E-state index is 10.9. The molecule has 0 bridgehead atoms. The first-order valence-corrected chi connectivity index (χ1v) is 6.55. The molecule has 90 valence electrons. The summed E-state index contributed by atoms with van der Waals surface area (Å²) in [5.74, 6) is 1.04. The summed E-state index contributed by atoms with van der Waals surface area (Å²) in [6, 6.07) is 4.89. The number of benzene rings is 1. The van der Waals surface area contributed by atoms with Crippen molar-refractivity contribution in [1.82, 2.24) is 0 Å². The first-order chi connectivity index (χ1) is 7.46. The van der Waals surface area contributed by atoms with Gasteiger partial charge in [-0.25, -0.2) is 8.42 Å². The summed E-state index contributed by atoms with van der Waals surface area (Å²) in [7, 11) is -0.164. The summed E-state index contributed by atoms with van der Waals surface area (Å²) in [4.78, 5) is 0. The van der Waals surface area contributed by atoms with Gasteiger partial charge in [0, 0.05) is 12.3 Å². The Morgan fingerprint density at radius 1 is 1.12 bits per heavy atom. The highest BCUT2D eigenvalue weighted by Gasteiger charge is 2.09. The smallest absolute Gasteiger partial charge is 0.189 e. The molecule has 0 aliphatic heterocycles. The lowest BCUT2D eigenvalue weighted by molar-refractivity contribution is 0.333. The minimum Gasteiger partial charge on any atom is -0.497 e. The Balaban J connectivity index is 2.87. The van der Waals surface area contributed by atoms with Crippen LogP contribution in [0.15, 0.2) is 18.2 Å². The third kappa shape index (κ3) is 3.62. The zero-order valence-corrected chi connectivity index (χ0v) is 10.2. The lowest BCUT2D eigenvalue weighted by atomic mass is 10.3. The lowest BCUT2D eigenvalue weighted by Crippen LogP contribution is -2.10. The fourth-order valence-corrected chi connectivity index (χ4v) is 1.41. The molecule has 1 aromatic rings. The molecule has 0 amide bonds. The van der Waals surface area contributed by atoms with Crippen molar-refractivity contribution in [3.63, 3.8) is 0 Å². The van der Waals surface area contributed by atoms with Crippen molar-refractivity contribution in [3.05, 3.63) is 18.2 Å². The Bertz CT molecular complexity index is 452. The summed E-state index contributed by atoms with van der Waals surface area (Å²) in [5, 5.41) is 0. The first-order valence-electron chi connectivity index (χ1n) is 4.49. The largest absolute Gasteiger partial charge is 0.497 e. The number of ether oxygens (including phenoxy) is 3. The Kier molecular flexibility index (Phi) is 4.00. The van der Waals surface area contributed by atoms with Crippen molar-refractivity contribution >= 4 is 9.84 Å². The normalized spacial score (nSPS) is 10.9. The fraction of sp³-hybridized carbons (Fsp3) is 0.400. The van der Waals surface area contributed by atoms with E-state index in [1.54, 1.807) is 18.2 Å². The second-order valence-corrected chi connectivity index (χ2v) is 5.29. The van der Waals surface area contributed by atoms with E-state index in [1.807, 2.05) is 0 Å². The highest BCUT2D eigenvalue weighted by molar-refractivity contribution is 7.90. The van der Waals surface area contributed by atoms with Crippen LogP contribution in [0.1, 0.15) is 0 Å². The quantitative estimate of drug-likeness (QED) is 0.778. The minimum atomic E-state index is -3.17. The molecule has 0 atom stereocenters. The predicted molar refractivity (Wildman–Crippen MR) is 59.9 cm³/mol. The van der Waals surface area contributed by atoms with E-state index in [9.17, 15) is 8.42 Å². The summed E-state index contributed by atoms with van der Waals surface area (Å²) >= 11 is 0. The van der Waals surface area contributed by atoms with Gasteiger partial charge in [-0.2, -0.15) is 0 Å². The maximum absolute atomic E-state index is 10.9. The van der Waals surface area contributed by atoms with Crippen LogP contribution in [0.25, 0.3) is 0 Å². The molecule has 1 aromatic carbocycles. The van der Waals surface area contributed by atoms with Crippen molar-refractivity contribution in [1.29, 1.82) is 0 Å². The summed E-state index contributed by atoms with van der Waals surface area (Å²) < 4.78 is 37.1. The van der Waals surface area contributed by atoms with E-state index >= 15 is 0 Å². The van der Waals surface area contributed by atoms with Gasteiger partial charge in [-0.05, 0) is 12.1 Å². The van der Waals surface area contributed by atoms with Gasteiger partial charge in [-0.15, -0.1) is 0 Å². The molecule has 0 spiro atoms. The monoisotopic (exact) mass is 246 g/mol. The van der Waals surface area contributed by atoms with Crippen LogP contribution in [-0.4, -0.2) is 34.8 Å². The van der Waals surface area contributed by atoms with Crippen LogP contribution in [-0.2, 0) is 9.84 Å². The van der Waals surface area contributed by atoms with Crippen molar-refractivity contribution in [2.24, 2.45) is 0 Å². The summed E-state index contributed by atoms with van der Waals surface area (Å²) in [6.45, 7) is 0. The average molecular weight is 246 g/mol. The molecule has 0 aliphatic rings. The van der Waals surface area contributed by atoms with Gasteiger partial charge in [0.1, 0.15) is 5.75 Å². The van der Waals surface area contributed by atoms with E-state index in [0.29, 0.717) is 17.2 Å². The average Bonchev–Trinajstić information content (AvgIpc) is 2.25. The van der Waals surface area contributed by atoms with E-state index in [0.717, 1.165) is 6.26 Å². The fourth-order valence-electron chi connectivity index (χ4n) is 1.06. The van der Waals surface area contributed by atoms with E-state index in [4.69, 9.17) is 14.2 Å². The first kappa shape index (κ1) is 12.6. The van der Waals surface area contributed by atoms with Gasteiger partial charge in [0.15, 0.2) is 27.3 Å². The second kappa shape index (κ2) is 5.07. The number of sulfone groups is 1. The van der Waals surface area contributed by atoms with Crippen LogP contribution in [0, 0.1) is 0 Å². The zero-order chi connectivity index (χ0) is 12.2. The molecule has 0 fully saturated rings. The molecule has 1 rings (SSSR count). The molecule has 0 heterocycles. The van der Waals surface area contributed by atoms with Crippen LogP contribution in [0.5, 0.6) is 17.2 Å². The van der Waals surface area contributed by atoms with E-state index in [2.05, 4.69) is 0 Å². The van der Waals surface area contributed by atoms with Crippen LogP contribution in [0.2, 0.25) is 0 Å². The molecule has 0 aromatic heterocycles. The molecule has 5 nitrogen and oxygen atoms in total. The molecule has 0 unspecified atom stereocenters. The molecule has 0 aliphatic carbocycles. The number of hydrogen-bond acceptors (Lipinski definition) is 5. The minimum absolute atomic E-state index is 0.369. The van der Waals surface area contributed by atoms with Crippen LogP contribution in [0.4, 0.5) is 0 Å². The third-order valence-electron chi connectivity index (χ3n) is 1.80. The molecule has 6 heteroatoms. The zero-order valence-electron chi connectivity index (χ0n) is 9.39. The van der Waals surface area contributed by atoms with Crippen molar-refractivity contribution in [2.75, 3.05) is 26.4 Å². The Hall–Kier alpha value is -1.43. The second-order valence-electron chi connectivity index (χ2n) is 3.20. The van der Waals surface area contributed by atoms with Gasteiger partial charge < -0.3 is 14.2 Å². The molecule has 0 radical (unpaired) electrons. The van der Waals surface area contributed by atoms with Gasteiger partial charge in [0.05, 0.1) is 14.2 Å². The maximum Gasteiger partial charge on any atom is 0.189 e. The van der Waals surface area contributed by atoms with Crippen LogP contribution < -0.4 is 14.2 Å². The number of methoxy groups -OCH3 is 2. The molecule has 0 N–H and O–H groups in total. The van der Waals surface area contributed by atoms with Gasteiger partial charge >= 0.3 is 0 Å². The predicted octanol–water partition coefficient (Wildman–Crippen LogP) is 1.08. The van der Waals surface area contributed by atoms with Crippen LogP contribution >= 0.6 is 0 Å². The van der Waals surface area contributed by atoms with Gasteiger partial charge in [-0.1, -0.05) is 0 Å². The molecular weight excluding hydrogens is 232 g/mol. The van der Waals surface area contributed by atoms with E-state index < -0.39 is 9.84 Å². The lowest BCUT2D eigenvalue weighted by Gasteiger charge is -2.10. The van der Waals surface area contributed by atoms with Gasteiger partial charge in [0.2, 0.25) is 0 Å². The number of hydrogen-bond donors (Lipinski definition) is 0. The standard InChI is InChI=1S/C10H14O5S/c1-13-8-4-5-9(10(6-8)14-2)15-7-16(3,11)12/h4-6H,7H2,1-3H3. The SMILES string of the molecule is COc1ccc(OCS(C)(=O)=O)c(OC)c1. The van der Waals surface area contributed by atoms with E-state index in [-0.39, 0.29) is 5.94 Å². The highest BCUT2D eigenvalue weighted by atomic mass is 32.2. The summed E-state index contributed by atoms with van der Waals surface area (Å²) in [6.07, 6.45) is 1.10. The van der Waals surface area contributed by atoms with Crippen molar-refractivity contribution in [3.8, 4) is 17.2 Å². The number of rotatable bonds is 5. The highest BCUT2D eigenvalue weighted by Crippen LogP contribution is 2.31. The molecule has 16 heavy (non-hydrogen) atoms. The topological polar surface area (TPSA) is 61.8 Å². The Labute approximate surface area is 94.9 Å². The Morgan fingerprint density at radius 3 is 2.31 bits per heavy atom. The third-order valence-corrected chi connectivity index (χ3v) is 2.35. The molecule has 0 saturated carbocycles. The van der Waals surface area contributed by atoms with Gasteiger partial charge in [-0.3, -0.25) is 0 Å².